The number of nitrogens with zero attached hydrogens (tertiary/aromatic N) is 2. The summed E-state index contributed by atoms with van der Waals surface area (Å²) in [6, 6.07) is 15.1. The molecule has 0 aliphatic rings. The van der Waals surface area contributed by atoms with E-state index in [4.69, 9.17) is 4.74 Å². The van der Waals surface area contributed by atoms with Crippen molar-refractivity contribution in [1.29, 1.82) is 5.26 Å². The van der Waals surface area contributed by atoms with Gasteiger partial charge in [-0.2, -0.15) is 5.26 Å². The number of carbonyl (C=O) groups excluding carboxylic acids is 1. The smallest absolute Gasteiger partial charge is 0.319 e. The van der Waals surface area contributed by atoms with Gasteiger partial charge in [-0.05, 0) is 55.7 Å². The third-order valence-corrected chi connectivity index (χ3v) is 4.67. The second-order valence-electron chi connectivity index (χ2n) is 7.04. The van der Waals surface area contributed by atoms with Gasteiger partial charge in [0.05, 0.1) is 18.2 Å². The van der Waals surface area contributed by atoms with Gasteiger partial charge in [0.2, 0.25) is 0 Å². The van der Waals surface area contributed by atoms with E-state index in [1.54, 1.807) is 19.2 Å². The predicted octanol–water partition coefficient (Wildman–Crippen LogP) is 4.36. The zero-order valence-electron chi connectivity index (χ0n) is 17.4. The number of aryl methyl sites for hydroxylation is 2. The molecule has 0 atom stereocenters. The number of nitriles is 1. The number of ether oxygens (including phenoxy) is 1. The fraction of sp³-hybridized carbons (Fsp3) is 0.261. The van der Waals surface area contributed by atoms with E-state index < -0.39 is 0 Å². The van der Waals surface area contributed by atoms with E-state index in [-0.39, 0.29) is 6.03 Å². The van der Waals surface area contributed by atoms with E-state index in [1.807, 2.05) is 38.1 Å². The van der Waals surface area contributed by atoms with Crippen LogP contribution in [0.4, 0.5) is 16.3 Å². The van der Waals surface area contributed by atoms with Crippen molar-refractivity contribution < 1.29 is 9.53 Å². The van der Waals surface area contributed by atoms with Crippen molar-refractivity contribution in [2.45, 2.75) is 20.3 Å². The molecule has 1 aromatic heterocycles. The zero-order valence-corrected chi connectivity index (χ0v) is 17.4. The highest BCUT2D eigenvalue weighted by molar-refractivity contribution is 5.89. The molecule has 1 heterocycles. The Balaban J connectivity index is 1.52. The molecule has 3 aromatic rings. The van der Waals surface area contributed by atoms with Gasteiger partial charge in [0.15, 0.2) is 0 Å². The van der Waals surface area contributed by atoms with Gasteiger partial charge in [-0.15, -0.1) is 0 Å². The second-order valence-corrected chi connectivity index (χ2v) is 7.04. The molecule has 2 amide bonds. The summed E-state index contributed by atoms with van der Waals surface area (Å²) >= 11 is 0. The van der Waals surface area contributed by atoms with E-state index >= 15 is 0 Å². The van der Waals surface area contributed by atoms with E-state index in [1.165, 1.54) is 0 Å². The van der Waals surface area contributed by atoms with Crippen molar-refractivity contribution in [2.24, 2.45) is 0 Å². The van der Waals surface area contributed by atoms with Crippen LogP contribution >= 0.6 is 0 Å². The molecule has 7 nitrogen and oxygen atoms in total. The number of pyridine rings is 1. The summed E-state index contributed by atoms with van der Waals surface area (Å²) in [7, 11) is 1.58. The summed E-state index contributed by atoms with van der Waals surface area (Å²) in [5.74, 6) is 1.24. The number of carbonyl (C=O) groups is 1. The number of aromatic nitrogens is 1. The van der Waals surface area contributed by atoms with Gasteiger partial charge in [-0.1, -0.05) is 12.1 Å². The normalized spacial score (nSPS) is 10.3. The first-order valence-electron chi connectivity index (χ1n) is 9.75. The standard InChI is InChI=1S/C23H25N5O2/c1-15-10-16(2)20-12-17(14-24)22(28-21(20)11-15)25-8-5-9-26-23(29)27-18-6-4-7-19(13-18)30-3/h4,6-7,10-13H,5,8-9H2,1-3H3,(H,25,28)(H2,26,27,29). The lowest BCUT2D eigenvalue weighted by Gasteiger charge is -2.11. The van der Waals surface area contributed by atoms with Crippen molar-refractivity contribution in [3.8, 4) is 11.8 Å². The molecule has 2 aromatic carbocycles. The second kappa shape index (κ2) is 9.61. The Morgan fingerprint density at radius 3 is 2.77 bits per heavy atom. The number of fused-ring (bicyclic) bond motifs is 1. The fourth-order valence-electron chi connectivity index (χ4n) is 3.22. The van der Waals surface area contributed by atoms with Gasteiger partial charge in [0, 0.05) is 30.2 Å². The number of nitrogens with one attached hydrogen (secondary N) is 3. The minimum absolute atomic E-state index is 0.282. The molecule has 0 fully saturated rings. The van der Waals surface area contributed by atoms with Crippen LogP contribution in [0, 0.1) is 25.2 Å². The Bertz CT molecular complexity index is 1100. The maximum Gasteiger partial charge on any atom is 0.319 e. The monoisotopic (exact) mass is 403 g/mol. The topological polar surface area (TPSA) is 99.1 Å². The van der Waals surface area contributed by atoms with Crippen LogP contribution in [0.15, 0.2) is 42.5 Å². The van der Waals surface area contributed by atoms with Crippen LogP contribution in [0.1, 0.15) is 23.1 Å². The Hall–Kier alpha value is -3.79. The Kier molecular flexibility index (Phi) is 6.71. The van der Waals surface area contributed by atoms with Gasteiger partial charge < -0.3 is 20.7 Å². The summed E-state index contributed by atoms with van der Waals surface area (Å²) in [6.07, 6.45) is 0.683. The van der Waals surface area contributed by atoms with Gasteiger partial charge in [-0.3, -0.25) is 0 Å². The first-order valence-corrected chi connectivity index (χ1v) is 9.75. The fourth-order valence-corrected chi connectivity index (χ4v) is 3.22. The molecular formula is C23H25N5O2. The van der Waals surface area contributed by atoms with Crippen LogP contribution in [0.3, 0.4) is 0 Å². The van der Waals surface area contributed by atoms with Crippen molar-refractivity contribution in [2.75, 3.05) is 30.8 Å². The zero-order chi connectivity index (χ0) is 21.5. The minimum atomic E-state index is -0.282. The van der Waals surface area contributed by atoms with Crippen molar-refractivity contribution in [3.63, 3.8) is 0 Å². The van der Waals surface area contributed by atoms with E-state index in [9.17, 15) is 10.1 Å². The Morgan fingerprint density at radius 2 is 2.00 bits per heavy atom. The quantitative estimate of drug-likeness (QED) is 0.509. The van der Waals surface area contributed by atoms with Crippen LogP contribution in [0.2, 0.25) is 0 Å². The molecule has 0 aliphatic heterocycles. The highest BCUT2D eigenvalue weighted by atomic mass is 16.5. The van der Waals surface area contributed by atoms with Crippen LogP contribution in [0.25, 0.3) is 10.9 Å². The largest absolute Gasteiger partial charge is 0.497 e. The summed E-state index contributed by atoms with van der Waals surface area (Å²) < 4.78 is 5.14. The van der Waals surface area contributed by atoms with E-state index in [2.05, 4.69) is 33.1 Å². The summed E-state index contributed by atoms with van der Waals surface area (Å²) in [5, 5.41) is 19.2. The van der Waals surface area contributed by atoms with Crippen LogP contribution < -0.4 is 20.7 Å². The SMILES string of the molecule is COc1cccc(NC(=O)NCCCNc2nc3cc(C)cc(C)c3cc2C#N)c1. The minimum Gasteiger partial charge on any atom is -0.497 e. The number of urea groups is 1. The number of amides is 2. The molecule has 0 bridgehead atoms. The van der Waals surface area contributed by atoms with Gasteiger partial charge in [0.1, 0.15) is 17.6 Å². The summed E-state index contributed by atoms with van der Waals surface area (Å²) in [4.78, 5) is 16.6. The number of hydrogen-bond donors (Lipinski definition) is 3. The third-order valence-electron chi connectivity index (χ3n) is 4.67. The molecule has 0 unspecified atom stereocenters. The molecule has 0 saturated heterocycles. The van der Waals surface area contributed by atoms with Crippen molar-refractivity contribution >= 4 is 28.4 Å². The highest BCUT2D eigenvalue weighted by Gasteiger charge is 2.09. The number of rotatable bonds is 7. The number of methoxy groups -OCH3 is 1. The number of anilines is 2. The highest BCUT2D eigenvalue weighted by Crippen LogP contribution is 2.24. The Morgan fingerprint density at radius 1 is 1.17 bits per heavy atom. The molecule has 3 N–H and O–H groups in total. The average Bonchev–Trinajstić information content (AvgIpc) is 2.73. The molecule has 3 rings (SSSR count). The lowest BCUT2D eigenvalue weighted by molar-refractivity contribution is 0.252. The molecule has 0 spiro atoms. The summed E-state index contributed by atoms with van der Waals surface area (Å²) in [6.45, 7) is 5.11. The molecule has 7 heteroatoms. The molecule has 30 heavy (non-hydrogen) atoms. The lowest BCUT2D eigenvalue weighted by Crippen LogP contribution is -2.30. The lowest BCUT2D eigenvalue weighted by atomic mass is 10.0. The first kappa shape index (κ1) is 20.9. The maximum atomic E-state index is 12.0. The van der Waals surface area contributed by atoms with Gasteiger partial charge >= 0.3 is 6.03 Å². The van der Waals surface area contributed by atoms with Crippen molar-refractivity contribution in [1.82, 2.24) is 10.3 Å². The first-order chi connectivity index (χ1) is 14.5. The van der Waals surface area contributed by atoms with E-state index in [0.717, 1.165) is 22.0 Å². The van der Waals surface area contributed by atoms with Crippen LogP contribution in [-0.2, 0) is 0 Å². The van der Waals surface area contributed by atoms with Crippen molar-refractivity contribution in [3.05, 3.63) is 59.2 Å². The molecule has 0 saturated carbocycles. The number of hydrogen-bond acceptors (Lipinski definition) is 5. The maximum absolute atomic E-state index is 12.0. The van der Waals surface area contributed by atoms with Crippen LogP contribution in [-0.4, -0.2) is 31.2 Å². The molecule has 0 radical (unpaired) electrons. The third kappa shape index (κ3) is 5.17. The van der Waals surface area contributed by atoms with E-state index in [0.29, 0.717) is 42.3 Å². The van der Waals surface area contributed by atoms with Gasteiger partial charge in [-0.25, -0.2) is 9.78 Å². The predicted molar refractivity (Wildman–Crippen MR) is 119 cm³/mol. The summed E-state index contributed by atoms with van der Waals surface area (Å²) in [5.41, 5.74) is 4.28. The average molecular weight is 403 g/mol. The molecule has 0 aliphatic carbocycles. The number of benzene rings is 2. The van der Waals surface area contributed by atoms with Gasteiger partial charge in [0.25, 0.3) is 0 Å². The molecular weight excluding hydrogens is 378 g/mol. The Labute approximate surface area is 176 Å². The molecule has 154 valence electrons. The van der Waals surface area contributed by atoms with Crippen LogP contribution in [0.5, 0.6) is 5.75 Å².